The number of rotatable bonds is 0. The van der Waals surface area contributed by atoms with Crippen LogP contribution in [0.2, 0.25) is 0 Å². The van der Waals surface area contributed by atoms with Crippen molar-refractivity contribution in [2.45, 2.75) is 6.04 Å². The predicted molar refractivity (Wildman–Crippen MR) is 26.0 cm³/mol. The fourth-order valence-electron chi connectivity index (χ4n) is 0.540. The van der Waals surface area contributed by atoms with Gasteiger partial charge in [0, 0.05) is 0 Å². The van der Waals surface area contributed by atoms with Crippen molar-refractivity contribution in [3.8, 4) is 0 Å². The highest BCUT2D eigenvalue weighted by Crippen LogP contribution is 1.88. The monoisotopic (exact) mass is 114 g/mol. The van der Waals surface area contributed by atoms with E-state index in [0.29, 0.717) is 0 Å². The van der Waals surface area contributed by atoms with E-state index in [9.17, 15) is 9.59 Å². The number of ketones is 1. The van der Waals surface area contributed by atoms with E-state index in [0.717, 1.165) is 0 Å². The van der Waals surface area contributed by atoms with Crippen LogP contribution in [0, 0.1) is 0 Å². The van der Waals surface area contributed by atoms with Gasteiger partial charge in [-0.3, -0.25) is 9.59 Å². The molecule has 0 aromatic carbocycles. The number of nitrogens with one attached hydrogen (secondary N) is 1. The highest BCUT2D eigenvalue weighted by molar-refractivity contribution is 6.11. The molecule has 1 saturated heterocycles. The van der Waals surface area contributed by atoms with Crippen molar-refractivity contribution in [2.75, 3.05) is 6.54 Å². The molecule has 1 atom stereocenters. The first-order valence-electron chi connectivity index (χ1n) is 2.28. The van der Waals surface area contributed by atoms with Crippen molar-refractivity contribution in [1.82, 2.24) is 5.32 Å². The van der Waals surface area contributed by atoms with E-state index >= 15 is 0 Å². The van der Waals surface area contributed by atoms with Crippen LogP contribution in [0.15, 0.2) is 0 Å². The van der Waals surface area contributed by atoms with E-state index in [-0.39, 0.29) is 18.2 Å². The van der Waals surface area contributed by atoms with Crippen molar-refractivity contribution >= 4 is 11.7 Å². The molecular formula is C4H6N2O2. The Bertz CT molecular complexity index is 127. The molecular weight excluding hydrogens is 108 g/mol. The Kier molecular flexibility index (Phi) is 1.02. The summed E-state index contributed by atoms with van der Waals surface area (Å²) in [4.78, 5) is 20.7. The third kappa shape index (κ3) is 0.586. The van der Waals surface area contributed by atoms with Gasteiger partial charge in [0.2, 0.25) is 5.91 Å². The number of nitrogens with two attached hydrogens (primary N) is 1. The lowest BCUT2D eigenvalue weighted by Crippen LogP contribution is -2.34. The Labute approximate surface area is 46.0 Å². The lowest BCUT2D eigenvalue weighted by atomic mass is 10.2. The molecule has 1 amide bonds. The minimum atomic E-state index is -0.907. The molecule has 0 saturated carbocycles. The smallest absolute Gasteiger partial charge is 0.245 e. The maximum atomic E-state index is 10.4. The summed E-state index contributed by atoms with van der Waals surface area (Å²) in [5, 5.41) is 2.31. The molecule has 0 aromatic rings. The summed E-state index contributed by atoms with van der Waals surface area (Å²) >= 11 is 0. The maximum absolute atomic E-state index is 10.4. The summed E-state index contributed by atoms with van der Waals surface area (Å²) in [5.74, 6) is -0.593. The average Bonchev–Trinajstić information content (AvgIpc) is 1.98. The van der Waals surface area contributed by atoms with Gasteiger partial charge in [-0.25, -0.2) is 0 Å². The summed E-state index contributed by atoms with van der Waals surface area (Å²) in [6, 6.07) is -0.907. The first kappa shape index (κ1) is 5.24. The van der Waals surface area contributed by atoms with Crippen molar-refractivity contribution in [3.05, 3.63) is 0 Å². The zero-order chi connectivity index (χ0) is 6.15. The second-order valence-electron chi connectivity index (χ2n) is 1.66. The van der Waals surface area contributed by atoms with Gasteiger partial charge in [0.05, 0.1) is 6.54 Å². The van der Waals surface area contributed by atoms with E-state index in [1.165, 1.54) is 0 Å². The molecule has 4 heteroatoms. The van der Waals surface area contributed by atoms with Crippen LogP contribution in [-0.4, -0.2) is 24.3 Å². The lowest BCUT2D eigenvalue weighted by Gasteiger charge is -1.90. The van der Waals surface area contributed by atoms with Crippen LogP contribution in [0.4, 0.5) is 0 Å². The van der Waals surface area contributed by atoms with Gasteiger partial charge >= 0.3 is 0 Å². The zero-order valence-electron chi connectivity index (χ0n) is 4.18. The van der Waals surface area contributed by atoms with Crippen molar-refractivity contribution in [3.63, 3.8) is 0 Å². The summed E-state index contributed by atoms with van der Waals surface area (Å²) in [7, 11) is 0. The average molecular weight is 114 g/mol. The summed E-state index contributed by atoms with van der Waals surface area (Å²) in [5.41, 5.74) is 5.06. The molecule has 1 fully saturated rings. The summed E-state index contributed by atoms with van der Waals surface area (Å²) < 4.78 is 0. The molecule has 0 aliphatic carbocycles. The van der Waals surface area contributed by atoms with Gasteiger partial charge in [-0.1, -0.05) is 0 Å². The first-order chi connectivity index (χ1) is 3.72. The molecule has 0 spiro atoms. The maximum Gasteiger partial charge on any atom is 0.245 e. The van der Waals surface area contributed by atoms with Gasteiger partial charge in [0.15, 0.2) is 5.78 Å². The number of carbonyl (C=O) groups excluding carboxylic acids is 2. The van der Waals surface area contributed by atoms with Gasteiger partial charge in [0.1, 0.15) is 6.04 Å². The molecule has 1 aliphatic rings. The summed E-state index contributed by atoms with van der Waals surface area (Å²) in [6.07, 6.45) is 0. The van der Waals surface area contributed by atoms with E-state index < -0.39 is 6.04 Å². The predicted octanol–water partition coefficient (Wildman–Crippen LogP) is -1.99. The molecule has 4 nitrogen and oxygen atoms in total. The van der Waals surface area contributed by atoms with Crippen molar-refractivity contribution in [2.24, 2.45) is 5.73 Å². The topological polar surface area (TPSA) is 72.2 Å². The Morgan fingerprint density at radius 2 is 2.25 bits per heavy atom. The van der Waals surface area contributed by atoms with Gasteiger partial charge < -0.3 is 11.1 Å². The van der Waals surface area contributed by atoms with Crippen LogP contribution < -0.4 is 11.1 Å². The van der Waals surface area contributed by atoms with Gasteiger partial charge in [-0.05, 0) is 0 Å². The van der Waals surface area contributed by atoms with Gasteiger partial charge in [-0.15, -0.1) is 0 Å². The minimum Gasteiger partial charge on any atom is -0.347 e. The second kappa shape index (κ2) is 1.56. The largest absolute Gasteiger partial charge is 0.347 e. The molecule has 8 heavy (non-hydrogen) atoms. The van der Waals surface area contributed by atoms with E-state index in [2.05, 4.69) is 5.32 Å². The quantitative estimate of drug-likeness (QED) is 0.358. The molecule has 0 radical (unpaired) electrons. The van der Waals surface area contributed by atoms with E-state index in [4.69, 9.17) is 5.73 Å². The molecule has 0 unspecified atom stereocenters. The SMILES string of the molecule is N[C@@H]1C(=O)CNC1=O. The normalized spacial score (nSPS) is 28.4. The van der Waals surface area contributed by atoms with Gasteiger partial charge in [0.25, 0.3) is 0 Å². The molecule has 1 aliphatic heterocycles. The number of Topliss-reactive ketones (excluding diaryl/α,β-unsaturated/α-hetero) is 1. The Morgan fingerprint density at radius 1 is 1.62 bits per heavy atom. The van der Waals surface area contributed by atoms with Crippen LogP contribution in [0.1, 0.15) is 0 Å². The summed E-state index contributed by atoms with van der Waals surface area (Å²) in [6.45, 7) is 0.0972. The van der Waals surface area contributed by atoms with Crippen molar-refractivity contribution < 1.29 is 9.59 Å². The minimum absolute atomic E-state index is 0.0972. The fraction of sp³-hybridized carbons (Fsp3) is 0.500. The lowest BCUT2D eigenvalue weighted by molar-refractivity contribution is -0.123. The standard InChI is InChI=1S/C4H6N2O2/c5-3-2(7)1-6-4(3)8/h3H,1,5H2,(H,6,8)/t3-/m1/s1. The highest BCUT2D eigenvalue weighted by atomic mass is 16.2. The van der Waals surface area contributed by atoms with E-state index in [1.807, 2.05) is 0 Å². The third-order valence-corrected chi connectivity index (χ3v) is 1.07. The molecule has 0 bridgehead atoms. The number of hydrogen-bond acceptors (Lipinski definition) is 3. The number of carbonyl (C=O) groups is 2. The third-order valence-electron chi connectivity index (χ3n) is 1.07. The van der Waals surface area contributed by atoms with Gasteiger partial charge in [-0.2, -0.15) is 0 Å². The highest BCUT2D eigenvalue weighted by Gasteiger charge is 2.28. The second-order valence-corrected chi connectivity index (χ2v) is 1.66. The van der Waals surface area contributed by atoms with E-state index in [1.54, 1.807) is 0 Å². The number of hydrogen-bond donors (Lipinski definition) is 2. The molecule has 0 aromatic heterocycles. The Hall–Kier alpha value is -0.900. The first-order valence-corrected chi connectivity index (χ1v) is 2.28. The van der Waals surface area contributed by atoms with Crippen LogP contribution in [-0.2, 0) is 9.59 Å². The van der Waals surface area contributed by atoms with Crippen LogP contribution in [0.25, 0.3) is 0 Å². The molecule has 44 valence electrons. The zero-order valence-corrected chi connectivity index (χ0v) is 4.18. The van der Waals surface area contributed by atoms with Crippen molar-refractivity contribution in [1.29, 1.82) is 0 Å². The molecule has 3 N–H and O–H groups in total. The van der Waals surface area contributed by atoms with Crippen LogP contribution in [0.3, 0.4) is 0 Å². The fourth-order valence-corrected chi connectivity index (χ4v) is 0.540. The van der Waals surface area contributed by atoms with Crippen LogP contribution >= 0.6 is 0 Å². The number of amides is 1. The van der Waals surface area contributed by atoms with Crippen LogP contribution in [0.5, 0.6) is 0 Å². The molecule has 1 rings (SSSR count). The molecule has 1 heterocycles. The Balaban J connectivity index is 2.70. The Morgan fingerprint density at radius 3 is 2.38 bits per heavy atom.